The number of amides is 1. The van der Waals surface area contributed by atoms with Crippen LogP contribution in [0.1, 0.15) is 5.56 Å². The third-order valence-corrected chi connectivity index (χ3v) is 3.52. The Labute approximate surface area is 130 Å². The van der Waals surface area contributed by atoms with Gasteiger partial charge in [-0.3, -0.25) is 4.79 Å². The van der Waals surface area contributed by atoms with Crippen LogP contribution in [-0.4, -0.2) is 12.5 Å². The average Bonchev–Trinajstić information content (AvgIpc) is 2.43. The Hall–Kier alpha value is -2.08. The first kappa shape index (κ1) is 15.3. The van der Waals surface area contributed by atoms with Gasteiger partial charge >= 0.3 is 0 Å². The smallest absolute Gasteiger partial charge is 0.262 e. The molecule has 0 bridgehead atoms. The van der Waals surface area contributed by atoms with Crippen molar-refractivity contribution in [3.63, 3.8) is 0 Å². The number of nitrogen functional groups attached to an aromatic ring is 1. The second-order valence-electron chi connectivity index (χ2n) is 4.43. The third-order valence-electron chi connectivity index (χ3n) is 2.90. The minimum absolute atomic E-state index is 0.182. The molecular weight excluding hydrogens is 339 g/mol. The molecule has 0 aromatic heterocycles. The number of anilines is 2. The fourth-order valence-corrected chi connectivity index (χ4v) is 2.18. The molecule has 4 nitrogen and oxygen atoms in total. The zero-order valence-electron chi connectivity index (χ0n) is 11.3. The Kier molecular flexibility index (Phi) is 4.80. The number of carbonyl (C=O) groups is 1. The van der Waals surface area contributed by atoms with Crippen molar-refractivity contribution in [1.82, 2.24) is 0 Å². The standard InChI is InChI=1S/C15H14BrFN2O2/c1-9-12(18)3-2-4-13(9)19-15(20)8-21-14-6-5-10(17)7-11(14)16/h2-7H,8,18H2,1H3,(H,19,20). The van der Waals surface area contributed by atoms with E-state index in [1.807, 2.05) is 6.92 Å². The Balaban J connectivity index is 1.97. The molecule has 1 amide bonds. The molecule has 0 unspecified atom stereocenters. The van der Waals surface area contributed by atoms with Gasteiger partial charge in [-0.15, -0.1) is 0 Å². The molecule has 0 radical (unpaired) electrons. The van der Waals surface area contributed by atoms with Crippen LogP contribution in [0.2, 0.25) is 0 Å². The van der Waals surface area contributed by atoms with Crippen molar-refractivity contribution in [1.29, 1.82) is 0 Å². The lowest BCUT2D eigenvalue weighted by molar-refractivity contribution is -0.118. The van der Waals surface area contributed by atoms with Gasteiger partial charge in [0.2, 0.25) is 0 Å². The van der Waals surface area contributed by atoms with E-state index in [1.165, 1.54) is 18.2 Å². The highest BCUT2D eigenvalue weighted by Gasteiger charge is 2.09. The number of nitrogens with one attached hydrogen (secondary N) is 1. The number of hydrogen-bond acceptors (Lipinski definition) is 3. The Morgan fingerprint density at radius 1 is 1.38 bits per heavy atom. The van der Waals surface area contributed by atoms with E-state index in [1.54, 1.807) is 18.2 Å². The molecule has 0 aliphatic carbocycles. The van der Waals surface area contributed by atoms with E-state index in [0.717, 1.165) is 5.56 Å². The number of nitrogens with two attached hydrogens (primary N) is 1. The Morgan fingerprint density at radius 2 is 2.14 bits per heavy atom. The van der Waals surface area contributed by atoms with Crippen LogP contribution in [0.5, 0.6) is 5.75 Å². The van der Waals surface area contributed by atoms with Gasteiger partial charge in [0.1, 0.15) is 11.6 Å². The quantitative estimate of drug-likeness (QED) is 0.827. The normalized spacial score (nSPS) is 10.2. The lowest BCUT2D eigenvalue weighted by Crippen LogP contribution is -2.21. The second-order valence-corrected chi connectivity index (χ2v) is 5.29. The van der Waals surface area contributed by atoms with Crippen LogP contribution < -0.4 is 15.8 Å². The highest BCUT2D eigenvalue weighted by Crippen LogP contribution is 2.25. The molecule has 0 atom stereocenters. The van der Waals surface area contributed by atoms with Gasteiger partial charge in [0, 0.05) is 11.4 Å². The molecule has 0 fully saturated rings. The summed E-state index contributed by atoms with van der Waals surface area (Å²) < 4.78 is 18.7. The Bertz CT molecular complexity index is 677. The fourth-order valence-electron chi connectivity index (χ4n) is 1.71. The van der Waals surface area contributed by atoms with Crippen LogP contribution in [-0.2, 0) is 4.79 Å². The van der Waals surface area contributed by atoms with E-state index in [4.69, 9.17) is 10.5 Å². The monoisotopic (exact) mass is 352 g/mol. The summed E-state index contributed by atoms with van der Waals surface area (Å²) in [5.41, 5.74) is 7.82. The average molecular weight is 353 g/mol. The first-order chi connectivity index (χ1) is 9.97. The summed E-state index contributed by atoms with van der Waals surface area (Å²) in [6, 6.07) is 9.28. The molecule has 6 heteroatoms. The summed E-state index contributed by atoms with van der Waals surface area (Å²) in [7, 11) is 0. The summed E-state index contributed by atoms with van der Waals surface area (Å²) in [6.07, 6.45) is 0. The molecule has 0 spiro atoms. The van der Waals surface area contributed by atoms with Crippen LogP contribution >= 0.6 is 15.9 Å². The van der Waals surface area contributed by atoms with E-state index in [-0.39, 0.29) is 18.3 Å². The number of ether oxygens (including phenoxy) is 1. The van der Waals surface area contributed by atoms with Gasteiger partial charge in [0.15, 0.2) is 6.61 Å². The summed E-state index contributed by atoms with van der Waals surface area (Å²) in [6.45, 7) is 1.64. The molecule has 3 N–H and O–H groups in total. The maximum atomic E-state index is 12.9. The molecule has 2 aromatic rings. The zero-order valence-corrected chi connectivity index (χ0v) is 12.9. The van der Waals surface area contributed by atoms with Crippen LogP contribution in [0, 0.1) is 12.7 Å². The maximum Gasteiger partial charge on any atom is 0.262 e. The molecule has 0 heterocycles. The molecule has 21 heavy (non-hydrogen) atoms. The molecular formula is C15H14BrFN2O2. The molecule has 110 valence electrons. The first-order valence-corrected chi connectivity index (χ1v) is 6.99. The molecule has 0 aliphatic heterocycles. The molecule has 0 saturated heterocycles. The van der Waals surface area contributed by atoms with E-state index < -0.39 is 0 Å². The van der Waals surface area contributed by atoms with Crippen molar-refractivity contribution in [2.45, 2.75) is 6.92 Å². The second kappa shape index (κ2) is 6.58. The van der Waals surface area contributed by atoms with Gasteiger partial charge in [0.05, 0.1) is 4.47 Å². The summed E-state index contributed by atoms with van der Waals surface area (Å²) in [4.78, 5) is 11.9. The minimum atomic E-state index is -0.380. The predicted octanol–water partition coefficient (Wildman–Crippen LogP) is 3.50. The van der Waals surface area contributed by atoms with Gasteiger partial charge in [-0.25, -0.2) is 4.39 Å². The van der Waals surface area contributed by atoms with Crippen LogP contribution in [0.3, 0.4) is 0 Å². The van der Waals surface area contributed by atoms with Crippen molar-refractivity contribution in [2.24, 2.45) is 0 Å². The molecule has 0 aliphatic rings. The maximum absolute atomic E-state index is 12.9. The van der Waals surface area contributed by atoms with E-state index in [2.05, 4.69) is 21.2 Å². The molecule has 2 aromatic carbocycles. The molecule has 0 saturated carbocycles. The Morgan fingerprint density at radius 3 is 2.86 bits per heavy atom. The molecule has 2 rings (SSSR count). The van der Waals surface area contributed by atoms with Crippen molar-refractivity contribution in [2.75, 3.05) is 17.7 Å². The summed E-state index contributed by atoms with van der Waals surface area (Å²) in [5, 5.41) is 2.72. The summed E-state index contributed by atoms with van der Waals surface area (Å²) in [5.74, 6) is -0.301. The SMILES string of the molecule is Cc1c(N)cccc1NC(=O)COc1ccc(F)cc1Br. The van der Waals surface area contributed by atoms with E-state index in [0.29, 0.717) is 21.6 Å². The topological polar surface area (TPSA) is 64.3 Å². The number of carbonyl (C=O) groups excluding carboxylic acids is 1. The highest BCUT2D eigenvalue weighted by molar-refractivity contribution is 9.10. The third kappa shape index (κ3) is 3.95. The van der Waals surface area contributed by atoms with Crippen LogP contribution in [0.4, 0.5) is 15.8 Å². The fraction of sp³-hybridized carbons (Fsp3) is 0.133. The lowest BCUT2D eigenvalue weighted by atomic mass is 10.1. The number of halogens is 2. The van der Waals surface area contributed by atoms with Crippen LogP contribution in [0.15, 0.2) is 40.9 Å². The van der Waals surface area contributed by atoms with Gasteiger partial charge in [0.25, 0.3) is 5.91 Å². The summed E-state index contributed by atoms with van der Waals surface area (Å²) >= 11 is 3.17. The van der Waals surface area contributed by atoms with Crippen molar-refractivity contribution >= 4 is 33.2 Å². The highest BCUT2D eigenvalue weighted by atomic mass is 79.9. The number of benzene rings is 2. The van der Waals surface area contributed by atoms with E-state index >= 15 is 0 Å². The van der Waals surface area contributed by atoms with Crippen molar-refractivity contribution in [3.8, 4) is 5.75 Å². The van der Waals surface area contributed by atoms with Gasteiger partial charge in [-0.1, -0.05) is 6.07 Å². The predicted molar refractivity (Wildman–Crippen MR) is 83.8 cm³/mol. The van der Waals surface area contributed by atoms with Gasteiger partial charge in [-0.2, -0.15) is 0 Å². The number of hydrogen-bond donors (Lipinski definition) is 2. The lowest BCUT2D eigenvalue weighted by Gasteiger charge is -2.11. The van der Waals surface area contributed by atoms with Crippen molar-refractivity contribution in [3.05, 3.63) is 52.3 Å². The van der Waals surface area contributed by atoms with Crippen LogP contribution in [0.25, 0.3) is 0 Å². The van der Waals surface area contributed by atoms with E-state index in [9.17, 15) is 9.18 Å². The zero-order chi connectivity index (χ0) is 15.4. The first-order valence-electron chi connectivity index (χ1n) is 6.20. The largest absolute Gasteiger partial charge is 0.483 e. The van der Waals surface area contributed by atoms with Gasteiger partial charge in [-0.05, 0) is 58.7 Å². The number of rotatable bonds is 4. The van der Waals surface area contributed by atoms with Crippen molar-refractivity contribution < 1.29 is 13.9 Å². The van der Waals surface area contributed by atoms with Gasteiger partial charge < -0.3 is 15.8 Å². The minimum Gasteiger partial charge on any atom is -0.483 e.